The number of carboxylic acids is 1. The van der Waals surface area contributed by atoms with Gasteiger partial charge in [0.25, 0.3) is 0 Å². The number of hydrogen-bond acceptors (Lipinski definition) is 1. The molecule has 2 atom stereocenters. The Kier molecular flexibility index (Phi) is 3.57. The van der Waals surface area contributed by atoms with Gasteiger partial charge in [0, 0.05) is 0 Å². The van der Waals surface area contributed by atoms with Gasteiger partial charge in [-0.15, -0.1) is 0 Å². The average Bonchev–Trinajstić information content (AvgIpc) is 2.02. The van der Waals surface area contributed by atoms with Gasteiger partial charge in [-0.25, -0.2) is 0 Å². The number of carboxylic acid groups (broad SMARTS) is 1. The normalized spacial score (nSPS) is 28.8. The molecule has 1 rings (SSSR count). The Morgan fingerprint density at radius 3 is 2.57 bits per heavy atom. The zero-order chi connectivity index (χ0) is 10.8. The highest BCUT2D eigenvalue weighted by molar-refractivity contribution is 5.73. The summed E-state index contributed by atoms with van der Waals surface area (Å²) in [4.78, 5) is 11.0. The van der Waals surface area contributed by atoms with Crippen molar-refractivity contribution in [2.45, 2.75) is 52.9 Å². The lowest BCUT2D eigenvalue weighted by molar-refractivity contribution is -0.148. The maximum atomic E-state index is 11.0. The molecule has 2 heteroatoms. The fourth-order valence-corrected chi connectivity index (χ4v) is 2.55. The molecule has 1 aliphatic carbocycles. The average molecular weight is 198 g/mol. The molecule has 82 valence electrons. The second-order valence-electron chi connectivity index (χ2n) is 5.53. The van der Waals surface area contributed by atoms with Gasteiger partial charge < -0.3 is 5.11 Å². The van der Waals surface area contributed by atoms with Crippen LogP contribution in [0.4, 0.5) is 0 Å². The maximum Gasteiger partial charge on any atom is 0.309 e. The van der Waals surface area contributed by atoms with Crippen LogP contribution < -0.4 is 0 Å². The van der Waals surface area contributed by atoms with E-state index in [0.717, 1.165) is 12.3 Å². The molecule has 0 spiro atoms. The molecular formula is C12H22O2. The van der Waals surface area contributed by atoms with Gasteiger partial charge in [0.2, 0.25) is 0 Å². The smallest absolute Gasteiger partial charge is 0.309 e. The van der Waals surface area contributed by atoms with Gasteiger partial charge in [0.1, 0.15) is 0 Å². The largest absolute Gasteiger partial charge is 0.481 e. The fraction of sp³-hybridized carbons (Fsp3) is 0.917. The Hall–Kier alpha value is -0.530. The summed E-state index contributed by atoms with van der Waals surface area (Å²) in [6, 6.07) is 0. The lowest BCUT2D eigenvalue weighted by atomic mass is 9.74. The SMILES string of the molecule is CC1CCCC(CC(C)(C)C(=O)O)C1. The highest BCUT2D eigenvalue weighted by atomic mass is 16.4. The summed E-state index contributed by atoms with van der Waals surface area (Å²) >= 11 is 0. The van der Waals surface area contributed by atoms with Crippen LogP contribution in [0.1, 0.15) is 52.9 Å². The van der Waals surface area contributed by atoms with Crippen LogP contribution in [-0.2, 0) is 4.79 Å². The molecular weight excluding hydrogens is 176 g/mol. The monoisotopic (exact) mass is 198 g/mol. The third-order valence-corrected chi connectivity index (χ3v) is 3.42. The van der Waals surface area contributed by atoms with Crippen LogP contribution in [-0.4, -0.2) is 11.1 Å². The second kappa shape index (κ2) is 4.33. The molecule has 14 heavy (non-hydrogen) atoms. The van der Waals surface area contributed by atoms with Crippen molar-refractivity contribution >= 4 is 5.97 Å². The minimum Gasteiger partial charge on any atom is -0.481 e. The second-order valence-corrected chi connectivity index (χ2v) is 5.53. The molecule has 1 aliphatic rings. The third-order valence-electron chi connectivity index (χ3n) is 3.42. The van der Waals surface area contributed by atoms with Crippen LogP contribution in [0.3, 0.4) is 0 Å². The van der Waals surface area contributed by atoms with E-state index in [2.05, 4.69) is 6.92 Å². The van der Waals surface area contributed by atoms with Crippen molar-refractivity contribution in [2.24, 2.45) is 17.3 Å². The van der Waals surface area contributed by atoms with Crippen LogP contribution in [0, 0.1) is 17.3 Å². The van der Waals surface area contributed by atoms with E-state index in [1.165, 1.54) is 25.7 Å². The first-order valence-corrected chi connectivity index (χ1v) is 5.65. The van der Waals surface area contributed by atoms with E-state index in [-0.39, 0.29) is 0 Å². The van der Waals surface area contributed by atoms with Gasteiger partial charge in [0.15, 0.2) is 0 Å². The van der Waals surface area contributed by atoms with Crippen molar-refractivity contribution in [1.29, 1.82) is 0 Å². The Labute approximate surface area is 86.7 Å². The van der Waals surface area contributed by atoms with E-state index in [0.29, 0.717) is 5.92 Å². The van der Waals surface area contributed by atoms with Crippen molar-refractivity contribution in [3.63, 3.8) is 0 Å². The Morgan fingerprint density at radius 2 is 2.07 bits per heavy atom. The van der Waals surface area contributed by atoms with E-state index in [1.54, 1.807) is 0 Å². The molecule has 0 saturated heterocycles. The molecule has 0 amide bonds. The van der Waals surface area contributed by atoms with Crippen LogP contribution in [0.15, 0.2) is 0 Å². The Balaban J connectivity index is 2.47. The van der Waals surface area contributed by atoms with Crippen molar-refractivity contribution < 1.29 is 9.90 Å². The Bertz CT molecular complexity index is 208. The summed E-state index contributed by atoms with van der Waals surface area (Å²) in [6.45, 7) is 5.96. The van der Waals surface area contributed by atoms with Crippen molar-refractivity contribution in [2.75, 3.05) is 0 Å². The number of rotatable bonds is 3. The summed E-state index contributed by atoms with van der Waals surface area (Å²) in [5, 5.41) is 9.04. The lowest BCUT2D eigenvalue weighted by Crippen LogP contribution is -2.28. The number of hydrogen-bond donors (Lipinski definition) is 1. The number of carbonyl (C=O) groups is 1. The van der Waals surface area contributed by atoms with Gasteiger partial charge >= 0.3 is 5.97 Å². The van der Waals surface area contributed by atoms with E-state index in [9.17, 15) is 4.79 Å². The summed E-state index contributed by atoms with van der Waals surface area (Å²) in [6.07, 6.45) is 5.88. The zero-order valence-corrected chi connectivity index (χ0v) is 9.55. The molecule has 0 aliphatic heterocycles. The van der Waals surface area contributed by atoms with E-state index >= 15 is 0 Å². The molecule has 0 bridgehead atoms. The maximum absolute atomic E-state index is 11.0. The van der Waals surface area contributed by atoms with Gasteiger partial charge in [-0.1, -0.05) is 26.2 Å². The molecule has 0 radical (unpaired) electrons. The zero-order valence-electron chi connectivity index (χ0n) is 9.55. The quantitative estimate of drug-likeness (QED) is 0.755. The predicted molar refractivity (Wildman–Crippen MR) is 57.2 cm³/mol. The van der Waals surface area contributed by atoms with Crippen LogP contribution in [0.25, 0.3) is 0 Å². The molecule has 1 saturated carbocycles. The molecule has 0 aromatic heterocycles. The Morgan fingerprint density at radius 1 is 1.43 bits per heavy atom. The molecule has 2 unspecified atom stereocenters. The molecule has 0 aromatic carbocycles. The van der Waals surface area contributed by atoms with Crippen LogP contribution in [0.2, 0.25) is 0 Å². The summed E-state index contributed by atoms with van der Waals surface area (Å²) in [5.74, 6) is 0.763. The first kappa shape index (κ1) is 11.5. The van der Waals surface area contributed by atoms with Gasteiger partial charge in [-0.3, -0.25) is 4.79 Å². The summed E-state index contributed by atoms with van der Waals surface area (Å²) in [7, 11) is 0. The van der Waals surface area contributed by atoms with Gasteiger partial charge in [-0.05, 0) is 38.5 Å². The van der Waals surface area contributed by atoms with Crippen molar-refractivity contribution in [1.82, 2.24) is 0 Å². The van der Waals surface area contributed by atoms with Crippen LogP contribution >= 0.6 is 0 Å². The number of aliphatic carboxylic acids is 1. The molecule has 1 N–H and O–H groups in total. The standard InChI is InChI=1S/C12H22O2/c1-9-5-4-6-10(7-9)8-12(2,3)11(13)14/h9-10H,4-8H2,1-3H3,(H,13,14). The van der Waals surface area contributed by atoms with Gasteiger partial charge in [0.05, 0.1) is 5.41 Å². The van der Waals surface area contributed by atoms with Crippen molar-refractivity contribution in [3.8, 4) is 0 Å². The minimum absolute atomic E-state index is 0.540. The topological polar surface area (TPSA) is 37.3 Å². The lowest BCUT2D eigenvalue weighted by Gasteiger charge is -2.31. The van der Waals surface area contributed by atoms with E-state index < -0.39 is 11.4 Å². The van der Waals surface area contributed by atoms with Crippen molar-refractivity contribution in [3.05, 3.63) is 0 Å². The van der Waals surface area contributed by atoms with Crippen LogP contribution in [0.5, 0.6) is 0 Å². The predicted octanol–water partition coefficient (Wildman–Crippen LogP) is 3.31. The first-order chi connectivity index (χ1) is 6.42. The highest BCUT2D eigenvalue weighted by Gasteiger charge is 2.32. The molecule has 0 aromatic rings. The molecule has 0 heterocycles. The third kappa shape index (κ3) is 3.00. The summed E-state index contributed by atoms with van der Waals surface area (Å²) < 4.78 is 0. The fourth-order valence-electron chi connectivity index (χ4n) is 2.55. The van der Waals surface area contributed by atoms with E-state index in [1.807, 2.05) is 13.8 Å². The first-order valence-electron chi connectivity index (χ1n) is 5.65. The summed E-state index contributed by atoms with van der Waals surface area (Å²) in [5.41, 5.74) is -0.540. The van der Waals surface area contributed by atoms with Gasteiger partial charge in [-0.2, -0.15) is 0 Å². The van der Waals surface area contributed by atoms with E-state index in [4.69, 9.17) is 5.11 Å². The minimum atomic E-state index is -0.657. The molecule has 2 nitrogen and oxygen atoms in total. The molecule has 1 fully saturated rings. The highest BCUT2D eigenvalue weighted by Crippen LogP contribution is 2.36.